The first kappa shape index (κ1) is 20.5. The number of nitrogens with one attached hydrogen (secondary N) is 1. The summed E-state index contributed by atoms with van der Waals surface area (Å²) in [5, 5.41) is 4.54. The summed E-state index contributed by atoms with van der Waals surface area (Å²) < 4.78 is 31.2. The number of aromatic nitrogens is 2. The first-order valence-corrected chi connectivity index (χ1v) is 10.1. The maximum atomic E-state index is 14.8. The molecule has 1 aliphatic heterocycles. The Hall–Kier alpha value is -2.23. The number of hydrogen-bond acceptors (Lipinski definition) is 5. The number of carbonyl (C=O) groups is 1. The SMILES string of the molecule is Cn1nc(C2CC2)cc1SC(F)(F)C1CCN(C(=O)NC(/C=C\N)=C/N)CC1. The van der Waals surface area contributed by atoms with Gasteiger partial charge in [-0.05, 0) is 55.8 Å². The molecule has 1 aliphatic carbocycles. The maximum absolute atomic E-state index is 14.8. The van der Waals surface area contributed by atoms with Crippen molar-refractivity contribution in [3.05, 3.63) is 35.9 Å². The Morgan fingerprint density at radius 3 is 2.57 bits per heavy atom. The maximum Gasteiger partial charge on any atom is 0.321 e. The van der Waals surface area contributed by atoms with E-state index in [1.165, 1.54) is 23.4 Å². The second-order valence-electron chi connectivity index (χ2n) is 7.14. The van der Waals surface area contributed by atoms with E-state index in [1.54, 1.807) is 17.8 Å². The van der Waals surface area contributed by atoms with Crippen molar-refractivity contribution in [2.24, 2.45) is 24.4 Å². The summed E-state index contributed by atoms with van der Waals surface area (Å²) in [6.45, 7) is 0.519. The molecular weight excluding hydrogens is 386 g/mol. The predicted molar refractivity (Wildman–Crippen MR) is 104 cm³/mol. The van der Waals surface area contributed by atoms with Gasteiger partial charge in [-0.1, -0.05) is 0 Å². The number of nitrogens with zero attached hydrogens (tertiary/aromatic N) is 3. The molecular formula is C18H26F2N6OS. The summed E-state index contributed by atoms with van der Waals surface area (Å²) >= 11 is 0.575. The molecule has 2 amide bonds. The van der Waals surface area contributed by atoms with Crippen LogP contribution in [0.2, 0.25) is 0 Å². The van der Waals surface area contributed by atoms with Gasteiger partial charge in [-0.2, -0.15) is 13.9 Å². The van der Waals surface area contributed by atoms with E-state index in [0.717, 1.165) is 18.5 Å². The molecule has 28 heavy (non-hydrogen) atoms. The van der Waals surface area contributed by atoms with Crippen LogP contribution in [0.15, 0.2) is 35.3 Å². The lowest BCUT2D eigenvalue weighted by molar-refractivity contribution is 0.00910. The number of allylic oxidation sites excluding steroid dienone is 1. The number of urea groups is 1. The zero-order valence-electron chi connectivity index (χ0n) is 15.8. The van der Waals surface area contributed by atoms with Gasteiger partial charge in [0.2, 0.25) is 0 Å². The molecule has 1 aromatic rings. The number of rotatable bonds is 6. The molecule has 0 aromatic carbocycles. The molecule has 1 saturated carbocycles. The molecule has 0 radical (unpaired) electrons. The Labute approximate surface area is 167 Å². The number of thioether (sulfide) groups is 1. The van der Waals surface area contributed by atoms with Crippen LogP contribution in [-0.2, 0) is 7.05 Å². The number of nitrogens with two attached hydrogens (primary N) is 2. The average molecular weight is 413 g/mol. The number of alkyl halides is 2. The normalized spacial score (nSPS) is 19.4. The van der Waals surface area contributed by atoms with E-state index >= 15 is 0 Å². The molecule has 5 N–H and O–H groups in total. The molecule has 0 atom stereocenters. The number of hydrogen-bond donors (Lipinski definition) is 3. The quantitative estimate of drug-likeness (QED) is 0.492. The van der Waals surface area contributed by atoms with E-state index in [4.69, 9.17) is 11.5 Å². The highest BCUT2D eigenvalue weighted by Crippen LogP contribution is 2.47. The fourth-order valence-electron chi connectivity index (χ4n) is 3.23. The summed E-state index contributed by atoms with van der Waals surface area (Å²) in [6, 6.07) is 1.41. The third kappa shape index (κ3) is 4.78. The van der Waals surface area contributed by atoms with Crippen LogP contribution in [0.3, 0.4) is 0 Å². The highest BCUT2D eigenvalue weighted by Gasteiger charge is 2.43. The van der Waals surface area contributed by atoms with Gasteiger partial charge in [0.25, 0.3) is 0 Å². The van der Waals surface area contributed by atoms with Crippen LogP contribution in [-0.4, -0.2) is 39.1 Å². The third-order valence-electron chi connectivity index (χ3n) is 5.06. The molecule has 10 heteroatoms. The largest absolute Gasteiger partial charge is 0.405 e. The van der Waals surface area contributed by atoms with Gasteiger partial charge in [0, 0.05) is 38.2 Å². The molecule has 1 aromatic heterocycles. The molecule has 154 valence electrons. The van der Waals surface area contributed by atoms with E-state index in [0.29, 0.717) is 28.4 Å². The van der Waals surface area contributed by atoms with Crippen molar-refractivity contribution in [1.82, 2.24) is 20.0 Å². The van der Waals surface area contributed by atoms with Crippen LogP contribution < -0.4 is 16.8 Å². The van der Waals surface area contributed by atoms with Gasteiger partial charge in [0.1, 0.15) is 0 Å². The standard InChI is InChI=1S/C18H26F2N6OS/c1-25-16(10-15(24-25)12-2-3-12)28-18(19,20)13-5-8-26(9-6-13)17(27)23-14(11-22)4-7-21/h4,7,10-13H,2-3,5-6,8-9,21-22H2,1H3,(H,23,27)/b7-4-,14-11+. The summed E-state index contributed by atoms with van der Waals surface area (Å²) in [4.78, 5) is 13.8. The summed E-state index contributed by atoms with van der Waals surface area (Å²) in [5.74, 6) is -0.369. The second-order valence-corrected chi connectivity index (χ2v) is 8.31. The molecule has 2 fully saturated rings. The van der Waals surface area contributed by atoms with E-state index in [9.17, 15) is 13.6 Å². The minimum absolute atomic E-state index is 0.231. The lowest BCUT2D eigenvalue weighted by Crippen LogP contribution is -2.46. The van der Waals surface area contributed by atoms with Gasteiger partial charge < -0.3 is 21.7 Å². The van der Waals surface area contributed by atoms with Crippen molar-refractivity contribution in [2.75, 3.05) is 13.1 Å². The Bertz CT molecular complexity index is 766. The predicted octanol–water partition coefficient (Wildman–Crippen LogP) is 2.68. The monoisotopic (exact) mass is 412 g/mol. The smallest absolute Gasteiger partial charge is 0.321 e. The first-order valence-electron chi connectivity index (χ1n) is 9.31. The first-order chi connectivity index (χ1) is 13.3. The Kier molecular flexibility index (Phi) is 6.17. The number of amides is 2. The van der Waals surface area contributed by atoms with Crippen molar-refractivity contribution < 1.29 is 13.6 Å². The van der Waals surface area contributed by atoms with Gasteiger partial charge in [-0.25, -0.2) is 4.79 Å². The van der Waals surface area contributed by atoms with Crippen molar-refractivity contribution in [3.8, 4) is 0 Å². The molecule has 3 rings (SSSR count). The summed E-state index contributed by atoms with van der Waals surface area (Å²) in [6.07, 6.45) is 6.57. The van der Waals surface area contributed by atoms with Gasteiger partial charge >= 0.3 is 11.3 Å². The van der Waals surface area contributed by atoms with Crippen LogP contribution in [0, 0.1) is 5.92 Å². The minimum atomic E-state index is -2.91. The van der Waals surface area contributed by atoms with Crippen LogP contribution in [0.5, 0.6) is 0 Å². The lowest BCUT2D eigenvalue weighted by atomic mass is 9.97. The van der Waals surface area contributed by atoms with Crippen molar-refractivity contribution >= 4 is 17.8 Å². The topological polar surface area (TPSA) is 102 Å². The van der Waals surface area contributed by atoms with Gasteiger partial charge in [0.15, 0.2) is 0 Å². The summed E-state index contributed by atoms with van der Waals surface area (Å²) in [5.41, 5.74) is 12.0. The Morgan fingerprint density at radius 2 is 2.00 bits per heavy atom. The fourth-order valence-corrected chi connectivity index (χ4v) is 4.27. The summed E-state index contributed by atoms with van der Waals surface area (Å²) in [7, 11) is 1.70. The molecule has 1 saturated heterocycles. The lowest BCUT2D eigenvalue weighted by Gasteiger charge is -2.35. The fraction of sp³-hybridized carbons (Fsp3) is 0.556. The Balaban J connectivity index is 1.55. The van der Waals surface area contributed by atoms with Crippen molar-refractivity contribution in [3.63, 3.8) is 0 Å². The third-order valence-corrected chi connectivity index (χ3v) is 6.25. The zero-order valence-corrected chi connectivity index (χ0v) is 16.6. The van der Waals surface area contributed by atoms with Crippen molar-refractivity contribution in [1.29, 1.82) is 0 Å². The number of aryl methyl sites for hydroxylation is 1. The zero-order chi connectivity index (χ0) is 20.3. The molecule has 0 spiro atoms. The van der Waals surface area contributed by atoms with Crippen LogP contribution in [0.1, 0.15) is 37.3 Å². The van der Waals surface area contributed by atoms with Crippen LogP contribution >= 0.6 is 11.8 Å². The number of carbonyl (C=O) groups excluding carboxylic acids is 1. The van der Waals surface area contributed by atoms with Gasteiger partial charge in [0.05, 0.1) is 16.4 Å². The second kappa shape index (κ2) is 8.42. The molecule has 2 aliphatic rings. The minimum Gasteiger partial charge on any atom is -0.405 e. The van der Waals surface area contributed by atoms with Crippen LogP contribution in [0.25, 0.3) is 0 Å². The Morgan fingerprint density at radius 1 is 1.32 bits per heavy atom. The molecule has 2 heterocycles. The molecule has 0 unspecified atom stereocenters. The molecule has 0 bridgehead atoms. The van der Waals surface area contributed by atoms with Crippen LogP contribution in [0.4, 0.5) is 13.6 Å². The average Bonchev–Trinajstić information content (AvgIpc) is 3.46. The number of halogens is 2. The highest BCUT2D eigenvalue weighted by molar-refractivity contribution is 8.00. The number of piperidine rings is 1. The van der Waals surface area contributed by atoms with Gasteiger partial charge in [-0.3, -0.25) is 4.68 Å². The van der Waals surface area contributed by atoms with Crippen molar-refractivity contribution in [2.45, 2.75) is 41.9 Å². The number of likely N-dealkylation sites (tertiary alicyclic amines) is 1. The molecule has 7 nitrogen and oxygen atoms in total. The van der Waals surface area contributed by atoms with E-state index < -0.39 is 11.2 Å². The highest BCUT2D eigenvalue weighted by atomic mass is 32.2. The van der Waals surface area contributed by atoms with E-state index in [-0.39, 0.29) is 32.0 Å². The van der Waals surface area contributed by atoms with E-state index in [1.807, 2.05) is 0 Å². The van der Waals surface area contributed by atoms with Gasteiger partial charge in [-0.15, -0.1) is 0 Å². The van der Waals surface area contributed by atoms with E-state index in [2.05, 4.69) is 10.4 Å².